The van der Waals surface area contributed by atoms with Crippen LogP contribution in [0, 0.1) is 6.92 Å². The van der Waals surface area contributed by atoms with Gasteiger partial charge in [-0.25, -0.2) is 0 Å². The Balaban J connectivity index is 2.08. The first-order valence-corrected chi connectivity index (χ1v) is 7.22. The maximum atomic E-state index is 12.6. The van der Waals surface area contributed by atoms with Gasteiger partial charge in [0, 0.05) is 18.7 Å². The van der Waals surface area contributed by atoms with E-state index in [2.05, 4.69) is 12.1 Å². The number of carbonyl (C=O) groups is 1. The first-order chi connectivity index (χ1) is 10.2. The van der Waals surface area contributed by atoms with Crippen LogP contribution in [0.2, 0.25) is 0 Å². The summed E-state index contributed by atoms with van der Waals surface area (Å²) >= 11 is 0. The molecule has 0 aliphatic heterocycles. The molecule has 2 rings (SSSR count). The summed E-state index contributed by atoms with van der Waals surface area (Å²) in [5.41, 5.74) is 2.86. The zero-order valence-electron chi connectivity index (χ0n) is 12.3. The highest BCUT2D eigenvalue weighted by Gasteiger charge is 2.16. The monoisotopic (exact) mass is 283 g/mol. The van der Waals surface area contributed by atoms with Crippen molar-refractivity contribution in [1.82, 2.24) is 4.90 Å². The van der Waals surface area contributed by atoms with Gasteiger partial charge in [0.05, 0.1) is 6.61 Å². The van der Waals surface area contributed by atoms with E-state index in [1.807, 2.05) is 49.4 Å². The molecule has 1 N–H and O–H groups in total. The Hall–Kier alpha value is -2.13. The van der Waals surface area contributed by atoms with Gasteiger partial charge >= 0.3 is 0 Å². The van der Waals surface area contributed by atoms with E-state index in [1.165, 1.54) is 5.56 Å². The molecule has 0 aliphatic rings. The molecule has 2 aromatic carbocycles. The molecule has 0 fully saturated rings. The van der Waals surface area contributed by atoms with Crippen LogP contribution in [0.1, 0.15) is 21.5 Å². The Morgan fingerprint density at radius 3 is 2.33 bits per heavy atom. The van der Waals surface area contributed by atoms with Crippen LogP contribution in [-0.4, -0.2) is 35.6 Å². The number of aryl methyl sites for hydroxylation is 1. The van der Waals surface area contributed by atoms with Gasteiger partial charge in [-0.3, -0.25) is 4.79 Å². The highest BCUT2D eigenvalue weighted by atomic mass is 16.3. The molecule has 0 atom stereocenters. The fourth-order valence-electron chi connectivity index (χ4n) is 2.33. The second-order valence-corrected chi connectivity index (χ2v) is 5.07. The molecule has 0 saturated heterocycles. The van der Waals surface area contributed by atoms with Gasteiger partial charge in [-0.1, -0.05) is 48.5 Å². The van der Waals surface area contributed by atoms with E-state index in [4.69, 9.17) is 0 Å². The molecular weight excluding hydrogens is 262 g/mol. The lowest BCUT2D eigenvalue weighted by Gasteiger charge is -2.22. The lowest BCUT2D eigenvalue weighted by atomic mass is 10.1. The normalized spacial score (nSPS) is 10.4. The summed E-state index contributed by atoms with van der Waals surface area (Å²) in [6.07, 6.45) is 0.790. The molecule has 0 spiro atoms. The number of carbonyl (C=O) groups excluding carboxylic acids is 1. The molecule has 1 amide bonds. The van der Waals surface area contributed by atoms with E-state index in [0.717, 1.165) is 12.0 Å². The summed E-state index contributed by atoms with van der Waals surface area (Å²) in [4.78, 5) is 14.3. The van der Waals surface area contributed by atoms with Crippen molar-refractivity contribution in [3.05, 3.63) is 71.3 Å². The lowest BCUT2D eigenvalue weighted by molar-refractivity contribution is 0.0723. The topological polar surface area (TPSA) is 40.5 Å². The smallest absolute Gasteiger partial charge is 0.254 e. The number of aliphatic hydroxyl groups is 1. The molecule has 0 unspecified atom stereocenters. The van der Waals surface area contributed by atoms with Crippen molar-refractivity contribution < 1.29 is 9.90 Å². The van der Waals surface area contributed by atoms with Crippen LogP contribution in [0.25, 0.3) is 0 Å². The summed E-state index contributed by atoms with van der Waals surface area (Å²) in [6, 6.07) is 17.6. The predicted molar refractivity (Wildman–Crippen MR) is 84.3 cm³/mol. The minimum absolute atomic E-state index is 0.0157. The summed E-state index contributed by atoms with van der Waals surface area (Å²) in [7, 11) is 0. The van der Waals surface area contributed by atoms with Crippen LogP contribution in [0.4, 0.5) is 0 Å². The van der Waals surface area contributed by atoms with E-state index in [0.29, 0.717) is 18.7 Å². The fraction of sp³-hybridized carbons (Fsp3) is 0.278. The van der Waals surface area contributed by atoms with Gasteiger partial charge in [-0.15, -0.1) is 0 Å². The van der Waals surface area contributed by atoms with Gasteiger partial charge in [0.2, 0.25) is 0 Å². The van der Waals surface area contributed by atoms with Crippen LogP contribution in [0.5, 0.6) is 0 Å². The summed E-state index contributed by atoms with van der Waals surface area (Å²) in [6.45, 7) is 2.88. The first kappa shape index (κ1) is 15.3. The maximum Gasteiger partial charge on any atom is 0.254 e. The third kappa shape index (κ3) is 4.17. The number of amides is 1. The number of nitrogens with zero attached hydrogens (tertiary/aromatic N) is 1. The minimum atomic E-state index is -0.0214. The fourth-order valence-corrected chi connectivity index (χ4v) is 2.33. The zero-order chi connectivity index (χ0) is 15.1. The third-order valence-corrected chi connectivity index (χ3v) is 3.55. The van der Waals surface area contributed by atoms with Gasteiger partial charge in [0.15, 0.2) is 0 Å². The molecule has 3 nitrogen and oxygen atoms in total. The summed E-state index contributed by atoms with van der Waals surface area (Å²) in [5, 5.41) is 9.21. The van der Waals surface area contributed by atoms with E-state index < -0.39 is 0 Å². The first-order valence-electron chi connectivity index (χ1n) is 7.22. The third-order valence-electron chi connectivity index (χ3n) is 3.55. The van der Waals surface area contributed by atoms with Crippen LogP contribution in [0.15, 0.2) is 54.6 Å². The Bertz CT molecular complexity index is 581. The quantitative estimate of drug-likeness (QED) is 0.885. The molecule has 0 aromatic heterocycles. The number of hydrogen-bond donors (Lipinski definition) is 1. The Kier molecular flexibility index (Phi) is 5.52. The molecule has 0 heterocycles. The molecule has 0 radical (unpaired) electrons. The molecular formula is C18H21NO2. The molecule has 0 bridgehead atoms. The van der Waals surface area contributed by atoms with Crippen molar-refractivity contribution in [3.63, 3.8) is 0 Å². The molecule has 3 heteroatoms. The number of rotatable bonds is 6. The van der Waals surface area contributed by atoms with Crippen LogP contribution in [0.3, 0.4) is 0 Å². The molecule has 21 heavy (non-hydrogen) atoms. The Labute approximate surface area is 125 Å². The number of aliphatic hydroxyl groups excluding tert-OH is 1. The van der Waals surface area contributed by atoms with Crippen molar-refractivity contribution in [2.24, 2.45) is 0 Å². The average molecular weight is 283 g/mol. The predicted octanol–water partition coefficient (Wildman–Crippen LogP) is 2.67. The Morgan fingerprint density at radius 1 is 1.00 bits per heavy atom. The minimum Gasteiger partial charge on any atom is -0.395 e. The zero-order valence-corrected chi connectivity index (χ0v) is 12.3. The molecule has 2 aromatic rings. The second-order valence-electron chi connectivity index (χ2n) is 5.07. The van der Waals surface area contributed by atoms with Crippen LogP contribution < -0.4 is 0 Å². The van der Waals surface area contributed by atoms with Crippen molar-refractivity contribution in [3.8, 4) is 0 Å². The van der Waals surface area contributed by atoms with Crippen LogP contribution in [-0.2, 0) is 6.42 Å². The maximum absolute atomic E-state index is 12.6. The highest BCUT2D eigenvalue weighted by molar-refractivity contribution is 5.95. The standard InChI is InChI=1S/C18H21NO2/c1-15-7-5-6-10-17(15)18(21)19(13-14-20)12-11-16-8-3-2-4-9-16/h2-10,20H,11-14H2,1H3. The van der Waals surface area contributed by atoms with Crippen molar-refractivity contribution >= 4 is 5.91 Å². The van der Waals surface area contributed by atoms with Crippen molar-refractivity contribution in [2.45, 2.75) is 13.3 Å². The molecule has 110 valence electrons. The van der Waals surface area contributed by atoms with Crippen molar-refractivity contribution in [2.75, 3.05) is 19.7 Å². The van der Waals surface area contributed by atoms with Gasteiger partial charge in [-0.2, -0.15) is 0 Å². The van der Waals surface area contributed by atoms with Gasteiger partial charge in [0.1, 0.15) is 0 Å². The number of hydrogen-bond acceptors (Lipinski definition) is 2. The SMILES string of the molecule is Cc1ccccc1C(=O)N(CCO)CCc1ccccc1. The highest BCUT2D eigenvalue weighted by Crippen LogP contribution is 2.11. The molecule has 0 saturated carbocycles. The van der Waals surface area contributed by atoms with E-state index in [1.54, 1.807) is 4.90 Å². The van der Waals surface area contributed by atoms with E-state index in [9.17, 15) is 9.90 Å². The van der Waals surface area contributed by atoms with Gasteiger partial charge in [-0.05, 0) is 30.5 Å². The second kappa shape index (κ2) is 7.60. The average Bonchev–Trinajstić information content (AvgIpc) is 2.52. The largest absolute Gasteiger partial charge is 0.395 e. The number of benzene rings is 2. The van der Waals surface area contributed by atoms with Crippen molar-refractivity contribution in [1.29, 1.82) is 0 Å². The van der Waals surface area contributed by atoms with E-state index in [-0.39, 0.29) is 12.5 Å². The Morgan fingerprint density at radius 2 is 1.67 bits per heavy atom. The molecule has 0 aliphatic carbocycles. The van der Waals surface area contributed by atoms with Gasteiger partial charge < -0.3 is 10.0 Å². The summed E-state index contributed by atoms with van der Waals surface area (Å²) < 4.78 is 0. The van der Waals surface area contributed by atoms with E-state index >= 15 is 0 Å². The lowest BCUT2D eigenvalue weighted by Crippen LogP contribution is -2.35. The van der Waals surface area contributed by atoms with Gasteiger partial charge in [0.25, 0.3) is 5.91 Å². The summed E-state index contributed by atoms with van der Waals surface area (Å²) in [5.74, 6) is -0.0157. The van der Waals surface area contributed by atoms with Crippen LogP contribution >= 0.6 is 0 Å².